The van der Waals surface area contributed by atoms with Crippen molar-refractivity contribution in [2.24, 2.45) is 5.16 Å². The lowest BCUT2D eigenvalue weighted by Gasteiger charge is -2.17. The number of hydrogen-bond donors (Lipinski definition) is 0. The standard InChI is InChI=1S/C19H14ClF3N2O3/c20-9-8-16(26)28-24-17-14-6-1-2-7-15(14)25(18(17)27)11-12-4-3-5-13(10-12)19(21,22)23/h1-7,10H,8-9,11H2/b24-17-. The Balaban J connectivity index is 1.90. The van der Waals surface area contributed by atoms with Gasteiger partial charge in [-0.05, 0) is 23.8 Å². The molecule has 0 fully saturated rings. The summed E-state index contributed by atoms with van der Waals surface area (Å²) >= 11 is 5.46. The van der Waals surface area contributed by atoms with Gasteiger partial charge >= 0.3 is 12.1 Å². The molecule has 0 aliphatic carbocycles. The summed E-state index contributed by atoms with van der Waals surface area (Å²) in [5.41, 5.74) is 0.313. The van der Waals surface area contributed by atoms with Gasteiger partial charge in [0.05, 0.1) is 24.2 Å². The second-order valence-electron chi connectivity index (χ2n) is 5.95. The second-order valence-corrected chi connectivity index (χ2v) is 6.33. The van der Waals surface area contributed by atoms with Crippen molar-refractivity contribution in [1.29, 1.82) is 0 Å². The zero-order chi connectivity index (χ0) is 20.3. The Morgan fingerprint density at radius 2 is 1.89 bits per heavy atom. The van der Waals surface area contributed by atoms with E-state index in [0.29, 0.717) is 16.8 Å². The van der Waals surface area contributed by atoms with Gasteiger partial charge in [0.2, 0.25) is 0 Å². The molecular formula is C19H14ClF3N2O3. The molecule has 0 atom stereocenters. The summed E-state index contributed by atoms with van der Waals surface area (Å²) in [6, 6.07) is 11.4. The van der Waals surface area contributed by atoms with E-state index in [2.05, 4.69) is 5.16 Å². The number of anilines is 1. The van der Waals surface area contributed by atoms with Gasteiger partial charge in [0.15, 0.2) is 5.71 Å². The van der Waals surface area contributed by atoms with Crippen LogP contribution in [-0.2, 0) is 27.1 Å². The number of carbonyl (C=O) groups is 2. The number of alkyl halides is 4. The molecule has 0 N–H and O–H groups in total. The largest absolute Gasteiger partial charge is 0.416 e. The molecule has 0 spiro atoms. The number of rotatable bonds is 5. The van der Waals surface area contributed by atoms with Crippen LogP contribution in [0.25, 0.3) is 0 Å². The van der Waals surface area contributed by atoms with E-state index < -0.39 is 23.6 Å². The minimum Gasteiger partial charge on any atom is -0.317 e. The third kappa shape index (κ3) is 4.17. The molecule has 3 rings (SSSR count). The maximum Gasteiger partial charge on any atom is 0.416 e. The molecule has 1 aliphatic heterocycles. The molecule has 0 saturated carbocycles. The molecule has 1 heterocycles. The van der Waals surface area contributed by atoms with Gasteiger partial charge in [-0.1, -0.05) is 35.5 Å². The van der Waals surface area contributed by atoms with Crippen LogP contribution >= 0.6 is 11.6 Å². The lowest BCUT2D eigenvalue weighted by molar-refractivity contribution is -0.143. The van der Waals surface area contributed by atoms with Gasteiger partial charge in [0, 0.05) is 11.4 Å². The highest BCUT2D eigenvalue weighted by Gasteiger charge is 2.35. The molecule has 0 bridgehead atoms. The Morgan fingerprint density at radius 1 is 1.14 bits per heavy atom. The predicted molar refractivity (Wildman–Crippen MR) is 97.0 cm³/mol. The highest BCUT2D eigenvalue weighted by Crippen LogP contribution is 2.33. The molecule has 9 heteroatoms. The first-order valence-electron chi connectivity index (χ1n) is 8.22. The Labute approximate surface area is 163 Å². The van der Waals surface area contributed by atoms with Crippen LogP contribution in [0.5, 0.6) is 0 Å². The zero-order valence-corrected chi connectivity index (χ0v) is 15.1. The summed E-state index contributed by atoms with van der Waals surface area (Å²) < 4.78 is 38.8. The highest BCUT2D eigenvalue weighted by atomic mass is 35.5. The summed E-state index contributed by atoms with van der Waals surface area (Å²) in [6.45, 7) is -0.0889. The van der Waals surface area contributed by atoms with E-state index in [4.69, 9.17) is 16.4 Å². The molecule has 5 nitrogen and oxygen atoms in total. The van der Waals surface area contributed by atoms with Gasteiger partial charge in [0.1, 0.15) is 0 Å². The summed E-state index contributed by atoms with van der Waals surface area (Å²) in [4.78, 5) is 30.3. The first-order valence-corrected chi connectivity index (χ1v) is 8.76. The number of halogens is 4. The molecule has 0 unspecified atom stereocenters. The van der Waals surface area contributed by atoms with E-state index in [1.807, 2.05) is 0 Å². The summed E-state index contributed by atoms with van der Waals surface area (Å²) in [6.07, 6.45) is -4.55. The normalized spacial score (nSPS) is 15.1. The van der Waals surface area contributed by atoms with Crippen LogP contribution in [0.1, 0.15) is 23.1 Å². The van der Waals surface area contributed by atoms with Crippen molar-refractivity contribution in [3.8, 4) is 0 Å². The van der Waals surface area contributed by atoms with E-state index in [1.54, 1.807) is 24.3 Å². The fraction of sp³-hybridized carbons (Fsp3) is 0.211. The van der Waals surface area contributed by atoms with E-state index >= 15 is 0 Å². The van der Waals surface area contributed by atoms with Crippen molar-refractivity contribution in [2.75, 3.05) is 10.8 Å². The number of amides is 1. The predicted octanol–water partition coefficient (Wildman–Crippen LogP) is 4.13. The van der Waals surface area contributed by atoms with E-state index in [1.165, 1.54) is 17.0 Å². The van der Waals surface area contributed by atoms with Crippen LogP contribution in [0.4, 0.5) is 18.9 Å². The number of oxime groups is 1. The first kappa shape index (κ1) is 19.9. The molecular weight excluding hydrogens is 397 g/mol. The zero-order valence-electron chi connectivity index (χ0n) is 14.4. The van der Waals surface area contributed by atoms with Gasteiger partial charge in [-0.15, -0.1) is 11.6 Å². The van der Waals surface area contributed by atoms with Gasteiger partial charge in [0.25, 0.3) is 5.91 Å². The van der Waals surface area contributed by atoms with Crippen molar-refractivity contribution in [2.45, 2.75) is 19.1 Å². The second kappa shape index (κ2) is 8.02. The van der Waals surface area contributed by atoms with Gasteiger partial charge in [-0.3, -0.25) is 4.79 Å². The molecule has 28 heavy (non-hydrogen) atoms. The number of benzene rings is 2. The van der Waals surface area contributed by atoms with Gasteiger partial charge < -0.3 is 9.74 Å². The SMILES string of the molecule is O=C(CCCl)O/N=C1\C(=O)N(Cc2cccc(C(F)(F)F)c2)c2ccccc21. The van der Waals surface area contributed by atoms with Crippen LogP contribution in [0.15, 0.2) is 53.7 Å². The number of fused-ring (bicyclic) bond motifs is 1. The third-order valence-corrected chi connectivity index (χ3v) is 4.22. The van der Waals surface area contributed by atoms with E-state index in [0.717, 1.165) is 12.1 Å². The van der Waals surface area contributed by atoms with Crippen molar-refractivity contribution in [3.05, 3.63) is 65.2 Å². The topological polar surface area (TPSA) is 59.0 Å². The van der Waals surface area contributed by atoms with E-state index in [9.17, 15) is 22.8 Å². The number of para-hydroxylation sites is 1. The van der Waals surface area contributed by atoms with Crippen molar-refractivity contribution in [3.63, 3.8) is 0 Å². The van der Waals surface area contributed by atoms with Gasteiger partial charge in [-0.2, -0.15) is 13.2 Å². The van der Waals surface area contributed by atoms with Crippen LogP contribution in [0.2, 0.25) is 0 Å². The van der Waals surface area contributed by atoms with Gasteiger partial charge in [-0.25, -0.2) is 4.79 Å². The minimum atomic E-state index is -4.48. The third-order valence-electron chi connectivity index (χ3n) is 4.03. The minimum absolute atomic E-state index is 0.0515. The number of nitrogens with zero attached hydrogens (tertiary/aromatic N) is 2. The molecule has 146 valence electrons. The molecule has 1 aliphatic rings. The van der Waals surface area contributed by atoms with Crippen LogP contribution < -0.4 is 4.90 Å². The Hall–Kier alpha value is -2.87. The lowest BCUT2D eigenvalue weighted by atomic mass is 10.1. The van der Waals surface area contributed by atoms with Crippen LogP contribution in [-0.4, -0.2) is 23.5 Å². The van der Waals surface area contributed by atoms with Crippen molar-refractivity contribution < 1.29 is 27.6 Å². The number of carbonyl (C=O) groups excluding carboxylic acids is 2. The average Bonchev–Trinajstić information content (AvgIpc) is 2.91. The molecule has 1 amide bonds. The molecule has 2 aromatic carbocycles. The summed E-state index contributed by atoms with van der Waals surface area (Å²) in [5.74, 6) is -1.21. The first-order chi connectivity index (χ1) is 13.3. The Kier molecular flexibility index (Phi) is 5.69. The fourth-order valence-electron chi connectivity index (χ4n) is 2.75. The highest BCUT2D eigenvalue weighted by molar-refractivity contribution is 6.54. The monoisotopic (exact) mass is 410 g/mol. The average molecular weight is 411 g/mol. The maximum atomic E-state index is 12.9. The van der Waals surface area contributed by atoms with Crippen LogP contribution in [0, 0.1) is 0 Å². The summed E-state index contributed by atoms with van der Waals surface area (Å²) in [5, 5.41) is 3.65. The Bertz CT molecular complexity index is 944. The smallest absolute Gasteiger partial charge is 0.317 e. The molecule has 0 radical (unpaired) electrons. The quantitative estimate of drug-likeness (QED) is 0.423. The van der Waals surface area contributed by atoms with Crippen molar-refractivity contribution in [1.82, 2.24) is 0 Å². The van der Waals surface area contributed by atoms with E-state index in [-0.39, 0.29) is 24.6 Å². The molecule has 0 aromatic heterocycles. The lowest BCUT2D eigenvalue weighted by Crippen LogP contribution is -2.30. The fourth-order valence-corrected chi connectivity index (χ4v) is 2.91. The number of hydrogen-bond acceptors (Lipinski definition) is 4. The molecule has 0 saturated heterocycles. The Morgan fingerprint density at radius 3 is 2.61 bits per heavy atom. The van der Waals surface area contributed by atoms with Crippen LogP contribution in [0.3, 0.4) is 0 Å². The summed E-state index contributed by atoms with van der Waals surface area (Å²) in [7, 11) is 0. The molecule has 2 aromatic rings. The maximum absolute atomic E-state index is 12.9. The van der Waals surface area contributed by atoms with Crippen molar-refractivity contribution >= 4 is 34.9 Å².